The number of hydrogen-bond donors (Lipinski definition) is 2. The van der Waals surface area contributed by atoms with Gasteiger partial charge in [-0.25, -0.2) is 4.98 Å². The molecule has 0 bridgehead atoms. The van der Waals surface area contributed by atoms with Crippen LogP contribution in [0.15, 0.2) is 22.6 Å². The quantitative estimate of drug-likeness (QED) is 0.278. The van der Waals surface area contributed by atoms with Crippen LogP contribution in [0.4, 0.5) is 10.9 Å². The smallest absolute Gasteiger partial charge is 0.205 e. The Bertz CT molecular complexity index is 675. The van der Waals surface area contributed by atoms with Crippen LogP contribution in [0.1, 0.15) is 25.3 Å². The average molecular weight is 446 g/mol. The summed E-state index contributed by atoms with van der Waals surface area (Å²) in [4.78, 5) is 4.07. The maximum Gasteiger partial charge on any atom is 0.205 e. The fraction of sp³-hybridized carbons (Fsp3) is 0.333. The van der Waals surface area contributed by atoms with Gasteiger partial charge in [-0.3, -0.25) is 5.43 Å². The fourth-order valence-electron chi connectivity index (χ4n) is 1.77. The van der Waals surface area contributed by atoms with Crippen molar-refractivity contribution in [3.63, 3.8) is 0 Å². The van der Waals surface area contributed by atoms with Crippen molar-refractivity contribution in [2.75, 3.05) is 24.9 Å². The van der Waals surface area contributed by atoms with E-state index in [9.17, 15) is 0 Å². The summed E-state index contributed by atoms with van der Waals surface area (Å²) in [5.41, 5.74) is 9.32. The summed E-state index contributed by atoms with van der Waals surface area (Å²) in [6.45, 7) is 2.82. The molecule has 23 heavy (non-hydrogen) atoms. The van der Waals surface area contributed by atoms with E-state index in [4.69, 9.17) is 15.2 Å². The highest BCUT2D eigenvalue weighted by atomic mass is 127. The summed E-state index contributed by atoms with van der Waals surface area (Å²) < 4.78 is 12.2. The van der Waals surface area contributed by atoms with Gasteiger partial charge in [-0.05, 0) is 46.7 Å². The lowest BCUT2D eigenvalue weighted by atomic mass is 10.2. The van der Waals surface area contributed by atoms with Gasteiger partial charge in [0.05, 0.1) is 23.5 Å². The number of unbranched alkanes of at least 4 members (excludes halogenated alkanes) is 1. The van der Waals surface area contributed by atoms with E-state index in [0.29, 0.717) is 23.3 Å². The van der Waals surface area contributed by atoms with E-state index in [2.05, 4.69) is 45.0 Å². The summed E-state index contributed by atoms with van der Waals surface area (Å²) in [6, 6.07) is 3.89. The van der Waals surface area contributed by atoms with E-state index < -0.39 is 0 Å². The number of nitrogens with two attached hydrogens (primary N) is 1. The number of halogens is 1. The number of anilines is 2. The maximum absolute atomic E-state index is 5.82. The fourth-order valence-corrected chi connectivity index (χ4v) is 3.10. The van der Waals surface area contributed by atoms with Gasteiger partial charge < -0.3 is 15.2 Å². The van der Waals surface area contributed by atoms with Crippen molar-refractivity contribution in [2.45, 2.75) is 19.8 Å². The molecule has 0 fully saturated rings. The molecular formula is C15H19IN4O2S. The summed E-state index contributed by atoms with van der Waals surface area (Å²) in [7, 11) is 1.63. The summed E-state index contributed by atoms with van der Waals surface area (Å²) in [6.07, 6.45) is 3.82. The normalized spacial score (nSPS) is 10.9. The van der Waals surface area contributed by atoms with E-state index in [1.165, 1.54) is 11.3 Å². The third kappa shape index (κ3) is 5.24. The molecule has 6 nitrogen and oxygen atoms in total. The Morgan fingerprint density at radius 1 is 1.48 bits per heavy atom. The van der Waals surface area contributed by atoms with Crippen LogP contribution in [-0.2, 0) is 0 Å². The minimum Gasteiger partial charge on any atom is -0.493 e. The first-order chi connectivity index (χ1) is 11.1. The van der Waals surface area contributed by atoms with Gasteiger partial charge in [-0.2, -0.15) is 5.10 Å². The zero-order valence-corrected chi connectivity index (χ0v) is 16.0. The van der Waals surface area contributed by atoms with Crippen molar-refractivity contribution in [3.8, 4) is 11.5 Å². The van der Waals surface area contributed by atoms with Gasteiger partial charge in [0, 0.05) is 5.38 Å². The average Bonchev–Trinajstić information content (AvgIpc) is 2.94. The van der Waals surface area contributed by atoms with Gasteiger partial charge in [0.25, 0.3) is 0 Å². The van der Waals surface area contributed by atoms with E-state index in [0.717, 1.165) is 27.7 Å². The van der Waals surface area contributed by atoms with Crippen molar-refractivity contribution in [1.82, 2.24) is 4.98 Å². The molecule has 0 aliphatic rings. The number of hydrazone groups is 1. The molecule has 0 unspecified atom stereocenters. The molecule has 8 heteroatoms. The Kier molecular flexibility index (Phi) is 6.90. The third-order valence-electron chi connectivity index (χ3n) is 2.89. The molecule has 0 amide bonds. The topological polar surface area (TPSA) is 81.8 Å². The highest BCUT2D eigenvalue weighted by molar-refractivity contribution is 14.1. The Morgan fingerprint density at radius 3 is 2.96 bits per heavy atom. The Hall–Kier alpha value is -1.55. The molecule has 0 radical (unpaired) electrons. The van der Waals surface area contributed by atoms with Crippen LogP contribution in [0.3, 0.4) is 0 Å². The van der Waals surface area contributed by atoms with Crippen LogP contribution in [0.5, 0.6) is 11.5 Å². The van der Waals surface area contributed by atoms with E-state index in [1.54, 1.807) is 18.7 Å². The van der Waals surface area contributed by atoms with Crippen molar-refractivity contribution in [3.05, 3.63) is 26.6 Å². The third-order valence-corrected chi connectivity index (χ3v) is 4.46. The number of benzene rings is 1. The van der Waals surface area contributed by atoms with Crippen LogP contribution in [0.25, 0.3) is 0 Å². The van der Waals surface area contributed by atoms with Crippen LogP contribution in [0.2, 0.25) is 0 Å². The molecule has 2 rings (SSSR count). The second-order valence-electron chi connectivity index (χ2n) is 4.68. The lowest BCUT2D eigenvalue weighted by molar-refractivity contribution is 0.286. The molecule has 0 aliphatic heterocycles. The van der Waals surface area contributed by atoms with E-state index in [1.807, 2.05) is 12.1 Å². The van der Waals surface area contributed by atoms with Crippen molar-refractivity contribution >= 4 is 51.1 Å². The van der Waals surface area contributed by atoms with E-state index >= 15 is 0 Å². The predicted octanol–water partition coefficient (Wildman–Crippen LogP) is 3.96. The van der Waals surface area contributed by atoms with Crippen molar-refractivity contribution < 1.29 is 9.47 Å². The first kappa shape index (κ1) is 17.8. The zero-order valence-electron chi connectivity index (χ0n) is 13.0. The van der Waals surface area contributed by atoms with Crippen LogP contribution in [-0.4, -0.2) is 24.9 Å². The minimum absolute atomic E-state index is 0.484. The second-order valence-corrected chi connectivity index (χ2v) is 6.70. The molecule has 1 heterocycles. The molecule has 0 saturated carbocycles. The molecule has 1 aromatic heterocycles. The van der Waals surface area contributed by atoms with Crippen LogP contribution in [0, 0.1) is 3.57 Å². The monoisotopic (exact) mass is 446 g/mol. The van der Waals surface area contributed by atoms with Crippen LogP contribution < -0.4 is 20.6 Å². The number of methoxy groups -OCH3 is 1. The van der Waals surface area contributed by atoms with Gasteiger partial charge >= 0.3 is 0 Å². The largest absolute Gasteiger partial charge is 0.493 e. The summed E-state index contributed by atoms with van der Waals surface area (Å²) in [5.74, 6) is 1.96. The predicted molar refractivity (Wildman–Crippen MR) is 104 cm³/mol. The Labute approximate surface area is 153 Å². The first-order valence-electron chi connectivity index (χ1n) is 7.14. The lowest BCUT2D eigenvalue weighted by Crippen LogP contribution is -2.02. The van der Waals surface area contributed by atoms with Gasteiger partial charge in [-0.15, -0.1) is 11.3 Å². The number of thiazole rings is 1. The molecule has 3 N–H and O–H groups in total. The second kappa shape index (κ2) is 8.92. The highest BCUT2D eigenvalue weighted by Gasteiger charge is 2.11. The number of aromatic nitrogens is 1. The SMILES string of the molecule is CCCCOc1c(I)cc(C=NNc2nc(N)cs2)cc1OC. The van der Waals surface area contributed by atoms with E-state index in [-0.39, 0.29) is 0 Å². The molecule has 0 aliphatic carbocycles. The summed E-state index contributed by atoms with van der Waals surface area (Å²) >= 11 is 3.64. The maximum atomic E-state index is 5.82. The lowest BCUT2D eigenvalue weighted by Gasteiger charge is -2.13. The molecular weight excluding hydrogens is 427 g/mol. The first-order valence-corrected chi connectivity index (χ1v) is 9.10. The number of nitrogens with one attached hydrogen (secondary N) is 1. The highest BCUT2D eigenvalue weighted by Crippen LogP contribution is 2.33. The number of nitrogen functional groups attached to an aromatic ring is 1. The number of nitrogens with zero attached hydrogens (tertiary/aromatic N) is 2. The Balaban J connectivity index is 2.08. The number of rotatable bonds is 8. The van der Waals surface area contributed by atoms with Crippen LogP contribution >= 0.6 is 33.9 Å². The standard InChI is InChI=1S/C15H19IN4O2S/c1-3-4-5-22-14-11(16)6-10(7-12(14)21-2)8-18-20-15-19-13(17)9-23-15/h6-9H,3-5,17H2,1-2H3,(H,19,20). The minimum atomic E-state index is 0.484. The number of ether oxygens (including phenoxy) is 2. The van der Waals surface area contributed by atoms with Crippen molar-refractivity contribution in [2.24, 2.45) is 5.10 Å². The Morgan fingerprint density at radius 2 is 2.30 bits per heavy atom. The molecule has 0 atom stereocenters. The molecule has 0 spiro atoms. The van der Waals surface area contributed by atoms with Gasteiger partial charge in [-0.1, -0.05) is 13.3 Å². The van der Waals surface area contributed by atoms with Gasteiger partial charge in [0.1, 0.15) is 5.82 Å². The molecule has 2 aromatic rings. The molecule has 124 valence electrons. The molecule has 1 aromatic carbocycles. The van der Waals surface area contributed by atoms with Gasteiger partial charge in [0.2, 0.25) is 5.13 Å². The number of hydrogen-bond acceptors (Lipinski definition) is 7. The molecule has 0 saturated heterocycles. The zero-order chi connectivity index (χ0) is 16.7. The van der Waals surface area contributed by atoms with Gasteiger partial charge in [0.15, 0.2) is 11.5 Å². The van der Waals surface area contributed by atoms with Crippen molar-refractivity contribution in [1.29, 1.82) is 0 Å². The summed E-state index contributed by atoms with van der Waals surface area (Å²) in [5, 5.41) is 6.57.